The number of benzene rings is 2. The van der Waals surface area contributed by atoms with Gasteiger partial charge in [0.05, 0.1) is 32.1 Å². The highest BCUT2D eigenvalue weighted by atomic mass is 35.5. The molecular formula is C18H19ClN2O4. The van der Waals surface area contributed by atoms with E-state index >= 15 is 0 Å². The summed E-state index contributed by atoms with van der Waals surface area (Å²) in [6.45, 7) is 2.34. The van der Waals surface area contributed by atoms with Gasteiger partial charge in [-0.15, -0.1) is 0 Å². The van der Waals surface area contributed by atoms with Crippen molar-refractivity contribution in [3.63, 3.8) is 0 Å². The lowest BCUT2D eigenvalue weighted by Gasteiger charge is -2.11. The number of nitrogens with zero attached hydrogens (tertiary/aromatic N) is 1. The number of hydrazone groups is 1. The molecule has 0 aliphatic heterocycles. The number of rotatable bonds is 7. The summed E-state index contributed by atoms with van der Waals surface area (Å²) < 4.78 is 15.8. The maximum absolute atomic E-state index is 12.0. The molecule has 0 unspecified atom stereocenters. The molecule has 0 aliphatic rings. The number of carbonyl (C=O) groups excluding carboxylic acids is 1. The van der Waals surface area contributed by atoms with Gasteiger partial charge in [-0.25, -0.2) is 5.43 Å². The molecule has 1 N–H and O–H groups in total. The lowest BCUT2D eigenvalue weighted by molar-refractivity contribution is 0.0955. The maximum atomic E-state index is 12.0. The highest BCUT2D eigenvalue weighted by Crippen LogP contribution is 2.35. The van der Waals surface area contributed by atoms with Crippen LogP contribution in [0, 0.1) is 0 Å². The third-order valence-corrected chi connectivity index (χ3v) is 3.55. The average molecular weight is 363 g/mol. The third-order valence-electron chi connectivity index (χ3n) is 3.27. The van der Waals surface area contributed by atoms with Crippen LogP contribution in [0.15, 0.2) is 41.5 Å². The Morgan fingerprint density at radius 1 is 1.20 bits per heavy atom. The van der Waals surface area contributed by atoms with Crippen molar-refractivity contribution < 1.29 is 19.0 Å². The molecule has 2 aromatic carbocycles. The zero-order chi connectivity index (χ0) is 18.2. The fourth-order valence-electron chi connectivity index (χ4n) is 2.10. The minimum Gasteiger partial charge on any atom is -0.497 e. The van der Waals surface area contributed by atoms with Crippen LogP contribution in [0.3, 0.4) is 0 Å². The van der Waals surface area contributed by atoms with E-state index in [1.165, 1.54) is 13.3 Å². The summed E-state index contributed by atoms with van der Waals surface area (Å²) in [5, 5.41) is 4.35. The van der Waals surface area contributed by atoms with Crippen LogP contribution in [-0.2, 0) is 0 Å². The molecule has 0 radical (unpaired) electrons. The first kappa shape index (κ1) is 18.6. The first-order chi connectivity index (χ1) is 12.1. The molecule has 0 aliphatic carbocycles. The van der Waals surface area contributed by atoms with Crippen LogP contribution < -0.4 is 19.6 Å². The van der Waals surface area contributed by atoms with Crippen LogP contribution in [0.25, 0.3) is 0 Å². The molecule has 0 saturated carbocycles. The van der Waals surface area contributed by atoms with Gasteiger partial charge in [0.25, 0.3) is 5.91 Å². The topological polar surface area (TPSA) is 69.2 Å². The van der Waals surface area contributed by atoms with Gasteiger partial charge < -0.3 is 14.2 Å². The Kier molecular flexibility index (Phi) is 6.65. The first-order valence-electron chi connectivity index (χ1n) is 7.56. The molecule has 0 fully saturated rings. The SMILES string of the molecule is CCOc1cc(/C=N\NC(=O)c2ccc(OC)cc2)cc(Cl)c1OC. The number of methoxy groups -OCH3 is 2. The molecule has 0 heterocycles. The molecule has 25 heavy (non-hydrogen) atoms. The van der Waals surface area contributed by atoms with Gasteiger partial charge in [-0.1, -0.05) is 11.6 Å². The summed E-state index contributed by atoms with van der Waals surface area (Å²) in [6, 6.07) is 10.1. The Morgan fingerprint density at radius 3 is 2.52 bits per heavy atom. The predicted octanol–water partition coefficient (Wildman–Crippen LogP) is 3.52. The number of hydrogen-bond donors (Lipinski definition) is 1. The smallest absolute Gasteiger partial charge is 0.271 e. The van der Waals surface area contributed by atoms with Gasteiger partial charge in [0.15, 0.2) is 11.5 Å². The number of amides is 1. The van der Waals surface area contributed by atoms with E-state index in [1.807, 2.05) is 6.92 Å². The van der Waals surface area contributed by atoms with Crippen molar-refractivity contribution in [2.45, 2.75) is 6.92 Å². The number of ether oxygens (including phenoxy) is 3. The molecule has 0 aromatic heterocycles. The molecule has 0 saturated heterocycles. The summed E-state index contributed by atoms with van der Waals surface area (Å²) in [4.78, 5) is 12.0. The molecule has 2 aromatic rings. The average Bonchev–Trinajstić information content (AvgIpc) is 2.62. The van der Waals surface area contributed by atoms with Crippen molar-refractivity contribution in [3.8, 4) is 17.2 Å². The van der Waals surface area contributed by atoms with Crippen molar-refractivity contribution in [1.29, 1.82) is 0 Å². The number of nitrogens with one attached hydrogen (secondary N) is 1. The van der Waals surface area contributed by atoms with E-state index in [9.17, 15) is 4.79 Å². The van der Waals surface area contributed by atoms with Gasteiger partial charge in [-0.3, -0.25) is 4.79 Å². The van der Waals surface area contributed by atoms with Gasteiger partial charge in [0, 0.05) is 5.56 Å². The summed E-state index contributed by atoms with van der Waals surface area (Å²) in [5.41, 5.74) is 3.60. The number of hydrogen-bond acceptors (Lipinski definition) is 5. The van der Waals surface area contributed by atoms with Crippen molar-refractivity contribution in [2.75, 3.05) is 20.8 Å². The summed E-state index contributed by atoms with van der Waals surface area (Å²) in [6.07, 6.45) is 1.48. The van der Waals surface area contributed by atoms with E-state index in [4.69, 9.17) is 25.8 Å². The fourth-order valence-corrected chi connectivity index (χ4v) is 2.39. The van der Waals surface area contributed by atoms with Gasteiger partial charge in [0.1, 0.15) is 5.75 Å². The molecule has 2 rings (SSSR count). The maximum Gasteiger partial charge on any atom is 0.271 e. The Balaban J connectivity index is 2.09. The number of carbonyl (C=O) groups is 1. The van der Waals surface area contributed by atoms with Crippen molar-refractivity contribution in [1.82, 2.24) is 5.43 Å². The Labute approximate surface area is 151 Å². The molecule has 0 spiro atoms. The third kappa shape index (κ3) is 4.87. The first-order valence-corrected chi connectivity index (χ1v) is 7.94. The summed E-state index contributed by atoms with van der Waals surface area (Å²) in [5.74, 6) is 1.32. The van der Waals surface area contributed by atoms with E-state index in [0.29, 0.717) is 40.0 Å². The summed E-state index contributed by atoms with van der Waals surface area (Å²) in [7, 11) is 3.09. The predicted molar refractivity (Wildman–Crippen MR) is 97.2 cm³/mol. The lowest BCUT2D eigenvalue weighted by Crippen LogP contribution is -2.17. The zero-order valence-corrected chi connectivity index (χ0v) is 15.0. The molecule has 132 valence electrons. The Morgan fingerprint density at radius 2 is 1.92 bits per heavy atom. The lowest BCUT2D eigenvalue weighted by atomic mass is 10.2. The van der Waals surface area contributed by atoms with Gasteiger partial charge in [-0.2, -0.15) is 5.10 Å². The van der Waals surface area contributed by atoms with Crippen LogP contribution in [0.2, 0.25) is 5.02 Å². The fraction of sp³-hybridized carbons (Fsp3) is 0.222. The van der Waals surface area contributed by atoms with E-state index in [0.717, 1.165) is 0 Å². The van der Waals surface area contributed by atoms with Crippen LogP contribution >= 0.6 is 11.6 Å². The summed E-state index contributed by atoms with van der Waals surface area (Å²) >= 11 is 6.17. The standard InChI is InChI=1S/C18H19ClN2O4/c1-4-25-16-10-12(9-15(19)17(16)24-3)11-20-21-18(22)13-5-7-14(23-2)8-6-13/h5-11H,4H2,1-3H3,(H,21,22)/b20-11-. The Bertz CT molecular complexity index is 760. The molecule has 7 heteroatoms. The minimum absolute atomic E-state index is 0.330. The monoisotopic (exact) mass is 362 g/mol. The Hall–Kier alpha value is -2.73. The zero-order valence-electron chi connectivity index (χ0n) is 14.2. The second kappa shape index (κ2) is 8.94. The van der Waals surface area contributed by atoms with Crippen molar-refractivity contribution >= 4 is 23.7 Å². The highest BCUT2D eigenvalue weighted by Gasteiger charge is 2.11. The molecule has 1 amide bonds. The van der Waals surface area contributed by atoms with E-state index in [-0.39, 0.29) is 5.91 Å². The molecular weight excluding hydrogens is 344 g/mol. The largest absolute Gasteiger partial charge is 0.497 e. The second-order valence-corrected chi connectivity index (χ2v) is 5.30. The van der Waals surface area contributed by atoms with Crippen molar-refractivity contribution in [2.24, 2.45) is 5.10 Å². The van der Waals surface area contributed by atoms with E-state index in [2.05, 4.69) is 10.5 Å². The van der Waals surface area contributed by atoms with Gasteiger partial charge >= 0.3 is 0 Å². The molecule has 6 nitrogen and oxygen atoms in total. The quantitative estimate of drug-likeness (QED) is 0.604. The highest BCUT2D eigenvalue weighted by molar-refractivity contribution is 6.32. The van der Waals surface area contributed by atoms with E-state index < -0.39 is 0 Å². The van der Waals surface area contributed by atoms with Crippen LogP contribution in [-0.4, -0.2) is 32.9 Å². The van der Waals surface area contributed by atoms with Gasteiger partial charge in [-0.05, 0) is 48.9 Å². The van der Waals surface area contributed by atoms with Crippen LogP contribution in [0.1, 0.15) is 22.8 Å². The van der Waals surface area contributed by atoms with Crippen molar-refractivity contribution in [3.05, 3.63) is 52.5 Å². The second-order valence-electron chi connectivity index (χ2n) is 4.89. The van der Waals surface area contributed by atoms with Crippen LogP contribution in [0.5, 0.6) is 17.2 Å². The van der Waals surface area contributed by atoms with E-state index in [1.54, 1.807) is 43.5 Å². The molecule has 0 bridgehead atoms. The number of halogens is 1. The van der Waals surface area contributed by atoms with Gasteiger partial charge in [0.2, 0.25) is 0 Å². The van der Waals surface area contributed by atoms with Crippen LogP contribution in [0.4, 0.5) is 0 Å². The minimum atomic E-state index is -0.330. The molecule has 0 atom stereocenters. The normalized spacial score (nSPS) is 10.6.